The predicted octanol–water partition coefficient (Wildman–Crippen LogP) is 2.66. The summed E-state index contributed by atoms with van der Waals surface area (Å²) >= 11 is 5.86. The Morgan fingerprint density at radius 3 is 2.77 bits per heavy atom. The maximum atomic E-state index is 12.7. The predicted molar refractivity (Wildman–Crippen MR) is 98.3 cm³/mol. The van der Waals surface area contributed by atoms with Crippen molar-refractivity contribution >= 4 is 28.6 Å². The van der Waals surface area contributed by atoms with Crippen LogP contribution in [0.2, 0.25) is 5.02 Å². The molecule has 3 aromatic rings. The number of amides is 1. The summed E-state index contributed by atoms with van der Waals surface area (Å²) in [4.78, 5) is 29.3. The molecule has 0 saturated carbocycles. The molecular formula is C18H19ClN4O3. The van der Waals surface area contributed by atoms with E-state index in [1.54, 1.807) is 6.92 Å². The lowest BCUT2D eigenvalue weighted by Gasteiger charge is -2.17. The number of nitrogens with one attached hydrogen (secondary N) is 1. The molecule has 0 spiro atoms. The van der Waals surface area contributed by atoms with Gasteiger partial charge in [-0.15, -0.1) is 0 Å². The number of carbonyl (C=O) groups is 1. The molecule has 1 unspecified atom stereocenters. The summed E-state index contributed by atoms with van der Waals surface area (Å²) in [6.45, 7) is 3.99. The zero-order valence-electron chi connectivity index (χ0n) is 14.5. The van der Waals surface area contributed by atoms with Crippen molar-refractivity contribution in [3.63, 3.8) is 0 Å². The molecule has 1 atom stereocenters. The SMILES string of the molecule is CCC(C(=O)NCCc1ccc(Cl)cc1)n1cnc2onc(C)c2c1=O. The van der Waals surface area contributed by atoms with Crippen LogP contribution in [0.25, 0.3) is 11.1 Å². The van der Waals surface area contributed by atoms with Crippen LogP contribution in [0.1, 0.15) is 30.6 Å². The Labute approximate surface area is 155 Å². The van der Waals surface area contributed by atoms with E-state index in [4.69, 9.17) is 16.1 Å². The molecule has 3 rings (SSSR count). The van der Waals surface area contributed by atoms with E-state index in [9.17, 15) is 9.59 Å². The number of hydrogen-bond donors (Lipinski definition) is 1. The van der Waals surface area contributed by atoms with Crippen LogP contribution in [0.5, 0.6) is 0 Å². The van der Waals surface area contributed by atoms with E-state index >= 15 is 0 Å². The van der Waals surface area contributed by atoms with Crippen LogP contribution < -0.4 is 10.9 Å². The maximum Gasteiger partial charge on any atom is 0.267 e. The number of fused-ring (bicyclic) bond motifs is 1. The highest BCUT2D eigenvalue weighted by atomic mass is 35.5. The standard InChI is InChI=1S/C18H19ClN4O3/c1-3-14(16(24)20-9-8-12-4-6-13(19)7-5-12)23-10-21-17-15(18(23)25)11(2)22-26-17/h4-7,10,14H,3,8-9H2,1-2H3,(H,20,24). The Kier molecular flexibility index (Phi) is 5.37. The lowest BCUT2D eigenvalue weighted by molar-refractivity contribution is -0.124. The van der Waals surface area contributed by atoms with Crippen molar-refractivity contribution in [1.29, 1.82) is 0 Å². The van der Waals surface area contributed by atoms with Crippen molar-refractivity contribution in [2.45, 2.75) is 32.7 Å². The molecule has 136 valence electrons. The fraction of sp³-hybridized carbons (Fsp3) is 0.333. The van der Waals surface area contributed by atoms with E-state index in [1.165, 1.54) is 10.9 Å². The lowest BCUT2D eigenvalue weighted by atomic mass is 10.1. The van der Waals surface area contributed by atoms with E-state index in [-0.39, 0.29) is 17.2 Å². The molecule has 0 aliphatic heterocycles. The monoisotopic (exact) mass is 374 g/mol. The number of carbonyl (C=O) groups excluding carboxylic acids is 1. The largest absolute Gasteiger partial charge is 0.354 e. The second-order valence-electron chi connectivity index (χ2n) is 6.00. The molecule has 0 aliphatic carbocycles. The molecule has 2 aromatic heterocycles. The zero-order valence-corrected chi connectivity index (χ0v) is 15.3. The van der Waals surface area contributed by atoms with Crippen LogP contribution in [0.4, 0.5) is 0 Å². The number of aromatic nitrogens is 3. The van der Waals surface area contributed by atoms with Gasteiger partial charge in [0.05, 0.1) is 5.69 Å². The van der Waals surface area contributed by atoms with Crippen molar-refractivity contribution in [3.8, 4) is 0 Å². The normalized spacial score (nSPS) is 12.3. The third-order valence-corrected chi connectivity index (χ3v) is 4.50. The number of aryl methyl sites for hydroxylation is 1. The van der Waals surface area contributed by atoms with Gasteiger partial charge in [0.2, 0.25) is 5.91 Å². The van der Waals surface area contributed by atoms with Crippen LogP contribution >= 0.6 is 11.6 Å². The molecule has 0 fully saturated rings. The summed E-state index contributed by atoms with van der Waals surface area (Å²) in [5, 5.41) is 7.62. The topological polar surface area (TPSA) is 90.0 Å². The van der Waals surface area contributed by atoms with Crippen LogP contribution in [-0.4, -0.2) is 27.2 Å². The van der Waals surface area contributed by atoms with Gasteiger partial charge in [0.15, 0.2) is 0 Å². The summed E-state index contributed by atoms with van der Waals surface area (Å²) in [5.41, 5.74) is 1.39. The van der Waals surface area contributed by atoms with Gasteiger partial charge >= 0.3 is 0 Å². The van der Waals surface area contributed by atoms with Gasteiger partial charge in [-0.1, -0.05) is 35.8 Å². The summed E-state index contributed by atoms with van der Waals surface area (Å²) in [7, 11) is 0. The average molecular weight is 375 g/mol. The quantitative estimate of drug-likeness (QED) is 0.716. The molecule has 0 aliphatic rings. The molecule has 0 radical (unpaired) electrons. The summed E-state index contributed by atoms with van der Waals surface area (Å²) in [6, 6.07) is 6.83. The van der Waals surface area contributed by atoms with E-state index in [0.717, 1.165) is 5.56 Å². The first-order valence-electron chi connectivity index (χ1n) is 8.36. The van der Waals surface area contributed by atoms with Crippen molar-refractivity contribution in [3.05, 3.63) is 57.2 Å². The summed E-state index contributed by atoms with van der Waals surface area (Å²) in [5.74, 6) is -0.223. The summed E-state index contributed by atoms with van der Waals surface area (Å²) < 4.78 is 6.33. The van der Waals surface area contributed by atoms with Gasteiger partial charge in [0.1, 0.15) is 17.8 Å². The van der Waals surface area contributed by atoms with E-state index in [1.807, 2.05) is 31.2 Å². The number of rotatable bonds is 6. The highest BCUT2D eigenvalue weighted by Crippen LogP contribution is 2.14. The van der Waals surface area contributed by atoms with Gasteiger partial charge in [-0.05, 0) is 37.5 Å². The van der Waals surface area contributed by atoms with Crippen molar-refractivity contribution in [1.82, 2.24) is 20.0 Å². The smallest absolute Gasteiger partial charge is 0.267 e. The Morgan fingerprint density at radius 1 is 1.35 bits per heavy atom. The second-order valence-corrected chi connectivity index (χ2v) is 6.43. The van der Waals surface area contributed by atoms with E-state index in [0.29, 0.717) is 35.5 Å². The van der Waals surface area contributed by atoms with Gasteiger partial charge in [0, 0.05) is 11.6 Å². The molecule has 0 bridgehead atoms. The number of hydrogen-bond acceptors (Lipinski definition) is 5. The van der Waals surface area contributed by atoms with E-state index < -0.39 is 6.04 Å². The molecule has 1 amide bonds. The van der Waals surface area contributed by atoms with Crippen LogP contribution in [-0.2, 0) is 11.2 Å². The third-order valence-electron chi connectivity index (χ3n) is 4.24. The van der Waals surface area contributed by atoms with Crippen molar-refractivity contribution in [2.75, 3.05) is 6.54 Å². The van der Waals surface area contributed by atoms with Gasteiger partial charge in [0.25, 0.3) is 11.3 Å². The summed E-state index contributed by atoms with van der Waals surface area (Å²) in [6.07, 6.45) is 2.47. The molecule has 7 nitrogen and oxygen atoms in total. The van der Waals surface area contributed by atoms with Crippen molar-refractivity contribution in [2.24, 2.45) is 0 Å². The molecule has 2 heterocycles. The molecule has 1 aromatic carbocycles. The van der Waals surface area contributed by atoms with Crippen LogP contribution in [0.3, 0.4) is 0 Å². The Morgan fingerprint density at radius 2 is 2.08 bits per heavy atom. The molecule has 8 heteroatoms. The van der Waals surface area contributed by atoms with Crippen LogP contribution in [0, 0.1) is 6.92 Å². The van der Waals surface area contributed by atoms with E-state index in [2.05, 4.69) is 15.5 Å². The minimum Gasteiger partial charge on any atom is -0.354 e. The lowest BCUT2D eigenvalue weighted by Crippen LogP contribution is -2.38. The van der Waals surface area contributed by atoms with Crippen LogP contribution in [0.15, 0.2) is 39.9 Å². The first-order chi connectivity index (χ1) is 12.5. The maximum absolute atomic E-state index is 12.7. The van der Waals surface area contributed by atoms with Gasteiger partial charge < -0.3 is 9.84 Å². The van der Waals surface area contributed by atoms with Gasteiger partial charge in [-0.3, -0.25) is 14.2 Å². The zero-order chi connectivity index (χ0) is 18.7. The average Bonchev–Trinajstić information content (AvgIpc) is 3.01. The van der Waals surface area contributed by atoms with Gasteiger partial charge in [-0.25, -0.2) is 4.98 Å². The highest BCUT2D eigenvalue weighted by Gasteiger charge is 2.22. The number of halogens is 1. The molecule has 1 N–H and O–H groups in total. The molecular weight excluding hydrogens is 356 g/mol. The Balaban J connectivity index is 1.73. The van der Waals surface area contributed by atoms with Gasteiger partial charge in [-0.2, -0.15) is 0 Å². The highest BCUT2D eigenvalue weighted by molar-refractivity contribution is 6.30. The first kappa shape index (κ1) is 18.1. The van der Waals surface area contributed by atoms with Crippen molar-refractivity contribution < 1.29 is 9.32 Å². The molecule has 0 saturated heterocycles. The minimum atomic E-state index is -0.640. The fourth-order valence-electron chi connectivity index (χ4n) is 2.82. The fourth-order valence-corrected chi connectivity index (χ4v) is 2.94. The number of nitrogens with zero attached hydrogens (tertiary/aromatic N) is 3. The first-order valence-corrected chi connectivity index (χ1v) is 8.74. The minimum absolute atomic E-state index is 0.182. The Bertz CT molecular complexity index is 978. The number of benzene rings is 1. The molecule has 26 heavy (non-hydrogen) atoms. The second kappa shape index (κ2) is 7.70. The Hall–Kier alpha value is -2.67. The third kappa shape index (κ3) is 3.62.